The number of likely N-dealkylation sites (tertiary alicyclic amines) is 2. The van der Waals surface area contributed by atoms with E-state index < -0.39 is 0 Å². The molecule has 0 bridgehead atoms. The Bertz CT molecular complexity index is 987. The van der Waals surface area contributed by atoms with Crippen molar-refractivity contribution in [3.8, 4) is 5.82 Å². The summed E-state index contributed by atoms with van der Waals surface area (Å²) in [5.41, 5.74) is 3.04. The maximum absolute atomic E-state index is 12.9. The van der Waals surface area contributed by atoms with Crippen LogP contribution in [0.15, 0.2) is 22.7 Å². The van der Waals surface area contributed by atoms with Crippen molar-refractivity contribution in [3.05, 3.63) is 40.9 Å². The summed E-state index contributed by atoms with van der Waals surface area (Å²) in [5, 5.41) is 4.11. The second-order valence-corrected chi connectivity index (χ2v) is 9.13. The highest BCUT2D eigenvalue weighted by Crippen LogP contribution is 2.24. The second-order valence-electron chi connectivity index (χ2n) is 9.13. The summed E-state index contributed by atoms with van der Waals surface area (Å²) in [7, 11) is 0. The number of aromatic nitrogens is 2. The summed E-state index contributed by atoms with van der Waals surface area (Å²) in [6.45, 7) is 8.98. The normalized spacial score (nSPS) is 18.3. The van der Waals surface area contributed by atoms with Gasteiger partial charge in [0.05, 0.1) is 0 Å². The highest BCUT2D eigenvalue weighted by Gasteiger charge is 2.30. The molecule has 2 aromatic rings. The molecular weight excluding hydrogens is 404 g/mol. The summed E-state index contributed by atoms with van der Waals surface area (Å²) in [5.74, 6) is 1.88. The SMILES string of the molecule is Cc1cc(-n2c(C)cc(/C=C/C(=O)N3CCC(C(=O)N4CCCCCC4)CC3)c2C)no1. The largest absolute Gasteiger partial charge is 0.360 e. The van der Waals surface area contributed by atoms with Crippen molar-refractivity contribution >= 4 is 17.9 Å². The summed E-state index contributed by atoms with van der Waals surface area (Å²) in [6, 6.07) is 3.95. The van der Waals surface area contributed by atoms with Gasteiger partial charge in [0.25, 0.3) is 0 Å². The van der Waals surface area contributed by atoms with Crippen molar-refractivity contribution in [2.75, 3.05) is 26.2 Å². The van der Waals surface area contributed by atoms with Crippen LogP contribution >= 0.6 is 0 Å². The average molecular weight is 439 g/mol. The molecule has 4 heterocycles. The lowest BCUT2D eigenvalue weighted by atomic mass is 9.95. The minimum atomic E-state index is 0.00718. The van der Waals surface area contributed by atoms with E-state index in [-0.39, 0.29) is 11.8 Å². The number of carbonyl (C=O) groups is 2. The number of hydrogen-bond acceptors (Lipinski definition) is 4. The predicted molar refractivity (Wildman–Crippen MR) is 123 cm³/mol. The fourth-order valence-electron chi connectivity index (χ4n) is 4.93. The van der Waals surface area contributed by atoms with Crippen LogP contribution in [-0.4, -0.2) is 57.5 Å². The molecule has 2 aliphatic heterocycles. The van der Waals surface area contributed by atoms with E-state index in [9.17, 15) is 9.59 Å². The van der Waals surface area contributed by atoms with E-state index in [1.165, 1.54) is 12.8 Å². The van der Waals surface area contributed by atoms with Crippen molar-refractivity contribution in [2.24, 2.45) is 5.92 Å². The number of nitrogens with zero attached hydrogens (tertiary/aromatic N) is 4. The number of aryl methyl sites for hydroxylation is 2. The minimum absolute atomic E-state index is 0.00718. The van der Waals surface area contributed by atoms with Crippen LogP contribution in [0.2, 0.25) is 0 Å². The van der Waals surface area contributed by atoms with Crippen LogP contribution in [0.4, 0.5) is 0 Å². The van der Waals surface area contributed by atoms with Gasteiger partial charge in [0, 0.05) is 55.6 Å². The molecule has 0 saturated carbocycles. The molecule has 7 heteroatoms. The summed E-state index contributed by atoms with van der Waals surface area (Å²) in [6.07, 6.45) is 9.73. The number of carbonyl (C=O) groups excluding carboxylic acids is 2. The Morgan fingerprint density at radius 1 is 0.969 bits per heavy atom. The molecule has 2 aromatic heterocycles. The number of hydrogen-bond donors (Lipinski definition) is 0. The highest BCUT2D eigenvalue weighted by molar-refractivity contribution is 5.92. The van der Waals surface area contributed by atoms with Gasteiger partial charge in [-0.3, -0.25) is 14.2 Å². The summed E-state index contributed by atoms with van der Waals surface area (Å²) >= 11 is 0. The third-order valence-corrected chi connectivity index (χ3v) is 6.79. The first-order chi connectivity index (χ1) is 15.4. The molecule has 0 aliphatic carbocycles. The van der Waals surface area contributed by atoms with Gasteiger partial charge < -0.3 is 14.3 Å². The number of rotatable bonds is 4. The van der Waals surface area contributed by atoms with Gasteiger partial charge in [-0.15, -0.1) is 0 Å². The Morgan fingerprint density at radius 2 is 1.66 bits per heavy atom. The maximum Gasteiger partial charge on any atom is 0.246 e. The molecule has 0 atom stereocenters. The van der Waals surface area contributed by atoms with Crippen molar-refractivity contribution in [3.63, 3.8) is 0 Å². The Balaban J connectivity index is 1.35. The van der Waals surface area contributed by atoms with Crippen LogP contribution in [0.5, 0.6) is 0 Å². The average Bonchev–Trinajstić information content (AvgIpc) is 3.20. The van der Waals surface area contributed by atoms with Crippen molar-refractivity contribution < 1.29 is 14.1 Å². The van der Waals surface area contributed by atoms with Gasteiger partial charge in [-0.25, -0.2) is 0 Å². The molecule has 32 heavy (non-hydrogen) atoms. The van der Waals surface area contributed by atoms with Crippen LogP contribution < -0.4 is 0 Å². The molecular formula is C25H34N4O3. The molecule has 0 spiro atoms. The Labute approximate surface area is 190 Å². The van der Waals surface area contributed by atoms with Crippen molar-refractivity contribution in [1.29, 1.82) is 0 Å². The van der Waals surface area contributed by atoms with Gasteiger partial charge in [0.2, 0.25) is 11.8 Å². The monoisotopic (exact) mass is 438 g/mol. The summed E-state index contributed by atoms with van der Waals surface area (Å²) in [4.78, 5) is 29.6. The standard InChI is InChI=1S/C25H34N4O3/c1-18-16-22(20(3)29(18)23-17-19(2)32-26-23)8-9-24(30)27-14-10-21(11-15-27)25(31)28-12-6-4-5-7-13-28/h8-9,16-17,21H,4-7,10-15H2,1-3H3/b9-8+. The van der Waals surface area contributed by atoms with E-state index in [0.29, 0.717) is 19.0 Å². The predicted octanol–water partition coefficient (Wildman–Crippen LogP) is 4.04. The van der Waals surface area contributed by atoms with Crippen LogP contribution in [0.1, 0.15) is 61.2 Å². The second kappa shape index (κ2) is 9.76. The lowest BCUT2D eigenvalue weighted by Crippen LogP contribution is -2.44. The summed E-state index contributed by atoms with van der Waals surface area (Å²) < 4.78 is 7.24. The minimum Gasteiger partial charge on any atom is -0.360 e. The van der Waals surface area contributed by atoms with Gasteiger partial charge >= 0.3 is 0 Å². The van der Waals surface area contributed by atoms with Crippen LogP contribution in [0, 0.1) is 26.7 Å². The van der Waals surface area contributed by atoms with Crippen molar-refractivity contribution in [1.82, 2.24) is 19.5 Å². The zero-order valence-electron chi connectivity index (χ0n) is 19.5. The fourth-order valence-corrected chi connectivity index (χ4v) is 4.93. The third kappa shape index (κ3) is 4.81. The van der Waals surface area contributed by atoms with Crippen LogP contribution in [0.3, 0.4) is 0 Å². The molecule has 172 valence electrons. The van der Waals surface area contributed by atoms with Crippen LogP contribution in [-0.2, 0) is 9.59 Å². The van der Waals surface area contributed by atoms with E-state index in [2.05, 4.69) is 16.1 Å². The van der Waals surface area contributed by atoms with Crippen molar-refractivity contribution in [2.45, 2.75) is 59.3 Å². The Morgan fingerprint density at radius 3 is 2.28 bits per heavy atom. The first-order valence-electron chi connectivity index (χ1n) is 11.8. The van der Waals surface area contributed by atoms with Crippen LogP contribution in [0.25, 0.3) is 11.9 Å². The smallest absolute Gasteiger partial charge is 0.246 e. The topological polar surface area (TPSA) is 71.6 Å². The van der Waals surface area contributed by atoms with Gasteiger partial charge in [0.1, 0.15) is 5.76 Å². The van der Waals surface area contributed by atoms with E-state index in [0.717, 1.165) is 67.3 Å². The molecule has 0 N–H and O–H groups in total. The quantitative estimate of drug-likeness (QED) is 0.676. The molecule has 2 aliphatic rings. The lowest BCUT2D eigenvalue weighted by molar-refractivity contribution is -0.139. The van der Waals surface area contributed by atoms with E-state index in [1.807, 2.05) is 42.4 Å². The lowest BCUT2D eigenvalue weighted by Gasteiger charge is -2.33. The van der Waals surface area contributed by atoms with E-state index in [4.69, 9.17) is 4.52 Å². The molecule has 0 unspecified atom stereocenters. The van der Waals surface area contributed by atoms with E-state index >= 15 is 0 Å². The molecule has 2 saturated heterocycles. The Kier molecular flexibility index (Phi) is 6.82. The van der Waals surface area contributed by atoms with Gasteiger partial charge in [-0.1, -0.05) is 18.0 Å². The van der Waals surface area contributed by atoms with Gasteiger partial charge in [0.15, 0.2) is 5.82 Å². The molecule has 7 nitrogen and oxygen atoms in total. The fraction of sp³-hybridized carbons (Fsp3) is 0.560. The Hall–Kier alpha value is -2.83. The zero-order valence-corrected chi connectivity index (χ0v) is 19.5. The molecule has 0 aromatic carbocycles. The third-order valence-electron chi connectivity index (χ3n) is 6.79. The molecule has 0 radical (unpaired) electrons. The molecule has 2 amide bonds. The maximum atomic E-state index is 12.9. The van der Waals surface area contributed by atoms with E-state index in [1.54, 1.807) is 6.08 Å². The highest BCUT2D eigenvalue weighted by atomic mass is 16.5. The molecule has 2 fully saturated rings. The first kappa shape index (κ1) is 22.4. The van der Waals surface area contributed by atoms with Gasteiger partial charge in [-0.2, -0.15) is 0 Å². The number of piperidine rings is 1. The molecule has 4 rings (SSSR count). The number of amides is 2. The first-order valence-corrected chi connectivity index (χ1v) is 11.8. The zero-order chi connectivity index (χ0) is 22.7. The van der Waals surface area contributed by atoms with Gasteiger partial charge in [-0.05, 0) is 64.2 Å².